The lowest BCUT2D eigenvalue weighted by molar-refractivity contribution is 0.951. The lowest BCUT2D eigenvalue weighted by atomic mass is 10.2. The second kappa shape index (κ2) is 4.24. The summed E-state index contributed by atoms with van der Waals surface area (Å²) in [4.78, 5) is 8.65. The molecule has 78 valence electrons. The summed E-state index contributed by atoms with van der Waals surface area (Å²) in [6.45, 7) is 2.00. The van der Waals surface area contributed by atoms with Crippen molar-refractivity contribution >= 4 is 50.0 Å². The van der Waals surface area contributed by atoms with Gasteiger partial charge < -0.3 is 0 Å². The Kier molecular flexibility index (Phi) is 3.14. The molecule has 2 aromatic rings. The molecule has 0 aliphatic rings. The molecule has 0 fully saturated rings. The minimum atomic E-state index is 0.551. The number of rotatable bonds is 1. The van der Waals surface area contributed by atoms with Gasteiger partial charge in [-0.1, -0.05) is 30.1 Å². The van der Waals surface area contributed by atoms with Crippen molar-refractivity contribution in [3.63, 3.8) is 0 Å². The Bertz CT molecular complexity index is 528. The SMILES string of the molecule is CCc1nc(Br)c2cc(Cl)cc(Cl)c2n1. The first kappa shape index (κ1) is 11.1. The maximum atomic E-state index is 6.07. The zero-order valence-corrected chi connectivity index (χ0v) is 11.0. The van der Waals surface area contributed by atoms with Crippen LogP contribution in [0.4, 0.5) is 0 Å². The van der Waals surface area contributed by atoms with E-state index in [9.17, 15) is 0 Å². The fourth-order valence-electron chi connectivity index (χ4n) is 1.32. The van der Waals surface area contributed by atoms with Crippen molar-refractivity contribution in [1.29, 1.82) is 0 Å². The minimum Gasteiger partial charge on any atom is -0.231 e. The molecule has 0 aliphatic carbocycles. The second-order valence-corrected chi connectivity index (χ2v) is 4.66. The van der Waals surface area contributed by atoms with Crippen molar-refractivity contribution in [2.45, 2.75) is 13.3 Å². The minimum absolute atomic E-state index is 0.551. The fraction of sp³-hybridized carbons (Fsp3) is 0.200. The van der Waals surface area contributed by atoms with Gasteiger partial charge in [0, 0.05) is 16.8 Å². The highest BCUT2D eigenvalue weighted by Gasteiger charge is 2.09. The predicted molar refractivity (Wildman–Crippen MR) is 66.6 cm³/mol. The molecule has 2 rings (SSSR count). The Morgan fingerprint density at radius 3 is 2.67 bits per heavy atom. The van der Waals surface area contributed by atoms with Crippen molar-refractivity contribution < 1.29 is 0 Å². The van der Waals surface area contributed by atoms with Crippen molar-refractivity contribution in [3.05, 3.63) is 32.6 Å². The van der Waals surface area contributed by atoms with Gasteiger partial charge in [0.2, 0.25) is 0 Å². The largest absolute Gasteiger partial charge is 0.231 e. The molecule has 0 aliphatic heterocycles. The van der Waals surface area contributed by atoms with Crippen LogP contribution < -0.4 is 0 Å². The standard InChI is InChI=1S/C10H7BrCl2N2/c1-2-8-14-9-6(10(11)15-8)3-5(12)4-7(9)13/h3-4H,2H2,1H3. The zero-order chi connectivity index (χ0) is 11.0. The van der Waals surface area contributed by atoms with Gasteiger partial charge in [0.15, 0.2) is 0 Å². The van der Waals surface area contributed by atoms with Gasteiger partial charge >= 0.3 is 0 Å². The first-order valence-corrected chi connectivity index (χ1v) is 5.98. The predicted octanol–water partition coefficient (Wildman–Crippen LogP) is 4.26. The van der Waals surface area contributed by atoms with Crippen LogP contribution in [-0.2, 0) is 6.42 Å². The average molecular weight is 306 g/mol. The van der Waals surface area contributed by atoms with E-state index in [0.29, 0.717) is 10.0 Å². The van der Waals surface area contributed by atoms with Crippen molar-refractivity contribution in [2.24, 2.45) is 0 Å². The van der Waals surface area contributed by atoms with E-state index < -0.39 is 0 Å². The Morgan fingerprint density at radius 1 is 1.27 bits per heavy atom. The molecule has 5 heteroatoms. The van der Waals surface area contributed by atoms with Crippen molar-refractivity contribution in [1.82, 2.24) is 9.97 Å². The van der Waals surface area contributed by atoms with Gasteiger partial charge in [-0.2, -0.15) is 0 Å². The summed E-state index contributed by atoms with van der Waals surface area (Å²) in [7, 11) is 0. The smallest absolute Gasteiger partial charge is 0.130 e. The van der Waals surface area contributed by atoms with Gasteiger partial charge in [-0.25, -0.2) is 9.97 Å². The quantitative estimate of drug-likeness (QED) is 0.736. The zero-order valence-electron chi connectivity index (χ0n) is 7.89. The first-order chi connectivity index (χ1) is 7.11. The summed E-state index contributed by atoms with van der Waals surface area (Å²) in [5, 5.41) is 1.97. The summed E-state index contributed by atoms with van der Waals surface area (Å²) in [6, 6.07) is 3.48. The summed E-state index contributed by atoms with van der Waals surface area (Å²) in [5.41, 5.74) is 0.736. The van der Waals surface area contributed by atoms with E-state index in [-0.39, 0.29) is 0 Å². The second-order valence-electron chi connectivity index (χ2n) is 3.07. The van der Waals surface area contributed by atoms with E-state index in [4.69, 9.17) is 23.2 Å². The molecule has 1 heterocycles. The summed E-state index contributed by atoms with van der Waals surface area (Å²) in [5.74, 6) is 0.763. The van der Waals surface area contributed by atoms with Crippen LogP contribution in [0.15, 0.2) is 16.7 Å². The van der Waals surface area contributed by atoms with Gasteiger partial charge in [0.05, 0.1) is 10.5 Å². The number of halogens is 3. The molecule has 0 radical (unpaired) electrons. The molecule has 1 aromatic heterocycles. The van der Waals surface area contributed by atoms with Gasteiger partial charge in [0.1, 0.15) is 10.4 Å². The van der Waals surface area contributed by atoms with Crippen LogP contribution in [0.3, 0.4) is 0 Å². The fourth-order valence-corrected chi connectivity index (χ4v) is 2.37. The number of hydrogen-bond donors (Lipinski definition) is 0. The number of hydrogen-bond acceptors (Lipinski definition) is 2. The van der Waals surface area contributed by atoms with E-state index in [1.165, 1.54) is 0 Å². The third-order valence-corrected chi connectivity index (χ3v) is 3.15. The van der Waals surface area contributed by atoms with Crippen LogP contribution in [0.25, 0.3) is 10.9 Å². The van der Waals surface area contributed by atoms with Crippen LogP contribution in [0, 0.1) is 0 Å². The number of fused-ring (bicyclic) bond motifs is 1. The highest BCUT2D eigenvalue weighted by molar-refractivity contribution is 9.10. The Hall–Kier alpha value is -0.380. The molecule has 0 spiro atoms. The third kappa shape index (κ3) is 2.10. The van der Waals surface area contributed by atoms with Crippen molar-refractivity contribution in [2.75, 3.05) is 0 Å². The van der Waals surface area contributed by atoms with Crippen LogP contribution in [0.5, 0.6) is 0 Å². The van der Waals surface area contributed by atoms with Gasteiger partial charge in [-0.3, -0.25) is 0 Å². The maximum absolute atomic E-state index is 6.07. The molecule has 0 N–H and O–H groups in total. The highest BCUT2D eigenvalue weighted by Crippen LogP contribution is 2.30. The molecule has 0 saturated carbocycles. The molecule has 15 heavy (non-hydrogen) atoms. The van der Waals surface area contributed by atoms with Gasteiger partial charge in [-0.15, -0.1) is 0 Å². The number of aromatic nitrogens is 2. The van der Waals surface area contributed by atoms with Crippen molar-refractivity contribution in [3.8, 4) is 0 Å². The van der Waals surface area contributed by atoms with Crippen LogP contribution in [-0.4, -0.2) is 9.97 Å². The molecular formula is C10H7BrCl2N2. The molecule has 2 nitrogen and oxygen atoms in total. The summed E-state index contributed by atoms with van der Waals surface area (Å²) >= 11 is 15.4. The molecule has 0 saturated heterocycles. The third-order valence-electron chi connectivity index (χ3n) is 2.03. The van der Waals surface area contributed by atoms with E-state index in [1.807, 2.05) is 6.92 Å². The van der Waals surface area contributed by atoms with Crippen LogP contribution in [0.2, 0.25) is 10.0 Å². The molecule has 0 amide bonds. The highest BCUT2D eigenvalue weighted by atomic mass is 79.9. The Labute approximate surface area is 106 Å². The maximum Gasteiger partial charge on any atom is 0.130 e. The topological polar surface area (TPSA) is 25.8 Å². The molecule has 0 atom stereocenters. The van der Waals surface area contributed by atoms with Gasteiger partial charge in [-0.05, 0) is 28.1 Å². The molecular weight excluding hydrogens is 299 g/mol. The van der Waals surface area contributed by atoms with Crippen LogP contribution >= 0.6 is 39.1 Å². The Balaban J connectivity index is 2.85. The van der Waals surface area contributed by atoms with E-state index >= 15 is 0 Å². The molecule has 0 bridgehead atoms. The number of benzene rings is 1. The number of nitrogens with zero attached hydrogens (tertiary/aromatic N) is 2. The Morgan fingerprint density at radius 2 is 2.00 bits per heavy atom. The molecule has 1 aromatic carbocycles. The lowest BCUT2D eigenvalue weighted by Gasteiger charge is -2.05. The lowest BCUT2D eigenvalue weighted by Crippen LogP contribution is -1.95. The van der Waals surface area contributed by atoms with Gasteiger partial charge in [0.25, 0.3) is 0 Å². The molecule has 0 unspecified atom stereocenters. The summed E-state index contributed by atoms with van der Waals surface area (Å²) in [6.07, 6.45) is 0.771. The van der Waals surface area contributed by atoms with E-state index in [1.54, 1.807) is 12.1 Å². The monoisotopic (exact) mass is 304 g/mol. The first-order valence-electron chi connectivity index (χ1n) is 4.43. The normalized spacial score (nSPS) is 10.9. The van der Waals surface area contributed by atoms with Crippen LogP contribution in [0.1, 0.15) is 12.7 Å². The average Bonchev–Trinajstić information content (AvgIpc) is 2.19. The number of aryl methyl sites for hydroxylation is 1. The van der Waals surface area contributed by atoms with E-state index in [2.05, 4.69) is 25.9 Å². The summed E-state index contributed by atoms with van der Waals surface area (Å²) < 4.78 is 0.730. The van der Waals surface area contributed by atoms with E-state index in [0.717, 1.165) is 27.8 Å².